The quantitative estimate of drug-likeness (QED) is 0.506. The maximum Gasteiger partial charge on any atom is 0.246 e. The highest BCUT2D eigenvalue weighted by atomic mass is 15.2. The molecule has 1 atom stereocenters. The Labute approximate surface area is 80.4 Å². The molecule has 1 saturated heterocycles. The van der Waals surface area contributed by atoms with Gasteiger partial charge in [-0.25, -0.2) is 9.57 Å². The molecule has 1 fully saturated rings. The van der Waals surface area contributed by atoms with Crippen molar-refractivity contribution in [3.05, 3.63) is 0 Å². The van der Waals surface area contributed by atoms with Gasteiger partial charge in [-0.05, 0) is 6.92 Å². The predicted molar refractivity (Wildman–Crippen MR) is 55.7 cm³/mol. The zero-order valence-electron chi connectivity index (χ0n) is 9.09. The van der Waals surface area contributed by atoms with E-state index < -0.39 is 0 Å². The van der Waals surface area contributed by atoms with Crippen molar-refractivity contribution >= 4 is 11.4 Å². The van der Waals surface area contributed by atoms with Crippen LogP contribution in [0.15, 0.2) is 4.99 Å². The Morgan fingerprint density at radius 3 is 2.69 bits per heavy atom. The van der Waals surface area contributed by atoms with Crippen molar-refractivity contribution in [2.45, 2.75) is 46.7 Å². The SMILES string of the molecule is CC1=NC2CCC[N+]2=C1C(C)(C)C. The summed E-state index contributed by atoms with van der Waals surface area (Å²) >= 11 is 0. The zero-order valence-corrected chi connectivity index (χ0v) is 9.09. The molecule has 0 N–H and O–H groups in total. The Balaban J connectivity index is 2.44. The number of nitrogens with zero attached hydrogens (tertiary/aromatic N) is 2. The summed E-state index contributed by atoms with van der Waals surface area (Å²) in [6.45, 7) is 10.2. The van der Waals surface area contributed by atoms with Gasteiger partial charge in [0.1, 0.15) is 12.3 Å². The van der Waals surface area contributed by atoms with Gasteiger partial charge in [0.05, 0.1) is 0 Å². The van der Waals surface area contributed by atoms with E-state index in [2.05, 4.69) is 32.3 Å². The van der Waals surface area contributed by atoms with Crippen molar-refractivity contribution in [2.75, 3.05) is 6.54 Å². The number of hydrogen-bond acceptors (Lipinski definition) is 1. The highest BCUT2D eigenvalue weighted by Crippen LogP contribution is 2.27. The van der Waals surface area contributed by atoms with E-state index in [1.807, 2.05) is 0 Å². The van der Waals surface area contributed by atoms with Gasteiger partial charge in [-0.3, -0.25) is 0 Å². The van der Waals surface area contributed by atoms with Crippen LogP contribution in [-0.4, -0.2) is 28.7 Å². The Hall–Kier alpha value is -0.660. The fourth-order valence-corrected chi connectivity index (χ4v) is 2.61. The molecule has 0 radical (unpaired) electrons. The van der Waals surface area contributed by atoms with Crippen LogP contribution < -0.4 is 0 Å². The molecule has 0 amide bonds. The van der Waals surface area contributed by atoms with E-state index in [0.29, 0.717) is 6.17 Å². The molecule has 2 aliphatic rings. The fourth-order valence-electron chi connectivity index (χ4n) is 2.61. The zero-order chi connectivity index (χ0) is 9.64. The third-order valence-corrected chi connectivity index (χ3v) is 2.90. The Bertz CT molecular complexity index is 292. The first-order valence-corrected chi connectivity index (χ1v) is 5.19. The Morgan fingerprint density at radius 1 is 1.38 bits per heavy atom. The van der Waals surface area contributed by atoms with E-state index in [9.17, 15) is 0 Å². The largest absolute Gasteiger partial charge is 0.246 e. The maximum absolute atomic E-state index is 4.70. The maximum atomic E-state index is 4.70. The lowest BCUT2D eigenvalue weighted by Gasteiger charge is -2.15. The van der Waals surface area contributed by atoms with E-state index in [0.717, 1.165) is 0 Å². The summed E-state index contributed by atoms with van der Waals surface area (Å²) in [5.41, 5.74) is 2.99. The highest BCUT2D eigenvalue weighted by molar-refractivity contribution is 6.41. The van der Waals surface area contributed by atoms with Crippen LogP contribution in [0.5, 0.6) is 0 Å². The molecule has 2 aliphatic heterocycles. The smallest absolute Gasteiger partial charge is 0.216 e. The topological polar surface area (TPSA) is 15.4 Å². The Kier molecular flexibility index (Phi) is 1.83. The molecule has 2 rings (SSSR count). The summed E-state index contributed by atoms with van der Waals surface area (Å²) in [5.74, 6) is 0. The molecule has 1 unspecified atom stereocenters. The number of fused-ring (bicyclic) bond motifs is 1. The van der Waals surface area contributed by atoms with Gasteiger partial charge in [-0.2, -0.15) is 0 Å². The number of rotatable bonds is 0. The van der Waals surface area contributed by atoms with Gasteiger partial charge < -0.3 is 0 Å². The molecule has 2 heterocycles. The van der Waals surface area contributed by atoms with Gasteiger partial charge in [-0.1, -0.05) is 20.8 Å². The van der Waals surface area contributed by atoms with Gasteiger partial charge >= 0.3 is 0 Å². The lowest BCUT2D eigenvalue weighted by Crippen LogP contribution is -2.33. The van der Waals surface area contributed by atoms with E-state index in [-0.39, 0.29) is 5.41 Å². The molecule has 0 aliphatic carbocycles. The second-order valence-electron chi connectivity index (χ2n) is 5.13. The molecule has 0 saturated carbocycles. The minimum absolute atomic E-state index is 0.257. The lowest BCUT2D eigenvalue weighted by atomic mass is 9.87. The molecule has 0 spiro atoms. The van der Waals surface area contributed by atoms with Crippen molar-refractivity contribution in [1.82, 2.24) is 0 Å². The molecule has 0 aromatic carbocycles. The lowest BCUT2D eigenvalue weighted by molar-refractivity contribution is -0.539. The van der Waals surface area contributed by atoms with Crippen molar-refractivity contribution in [1.29, 1.82) is 0 Å². The molecular weight excluding hydrogens is 160 g/mol. The van der Waals surface area contributed by atoms with Gasteiger partial charge in [0.25, 0.3) is 0 Å². The minimum atomic E-state index is 0.257. The second-order valence-corrected chi connectivity index (χ2v) is 5.13. The predicted octanol–water partition coefficient (Wildman–Crippen LogP) is 2.08. The summed E-state index contributed by atoms with van der Waals surface area (Å²) in [4.78, 5) is 4.70. The summed E-state index contributed by atoms with van der Waals surface area (Å²) in [7, 11) is 0. The van der Waals surface area contributed by atoms with Crippen molar-refractivity contribution in [3.63, 3.8) is 0 Å². The average Bonchev–Trinajstić information content (AvgIpc) is 2.41. The molecule has 2 heteroatoms. The van der Waals surface area contributed by atoms with E-state index >= 15 is 0 Å². The molecule has 0 aromatic rings. The first-order valence-electron chi connectivity index (χ1n) is 5.19. The number of hydrogen-bond donors (Lipinski definition) is 0. The molecule has 0 bridgehead atoms. The monoisotopic (exact) mass is 179 g/mol. The number of aliphatic imine (C=N–C) groups is 1. The molecule has 2 nitrogen and oxygen atoms in total. The molecule has 13 heavy (non-hydrogen) atoms. The van der Waals surface area contributed by atoms with Crippen LogP contribution in [-0.2, 0) is 0 Å². The van der Waals surface area contributed by atoms with Crippen molar-refractivity contribution < 1.29 is 4.58 Å². The third kappa shape index (κ3) is 1.32. The Morgan fingerprint density at radius 2 is 2.08 bits per heavy atom. The standard InChI is InChI=1S/C11H19N2/c1-8-10(11(2,3)4)13-7-5-6-9(13)12-8/h9H,5-7H2,1-4H3/q+1. The third-order valence-electron chi connectivity index (χ3n) is 2.90. The van der Waals surface area contributed by atoms with E-state index in [1.165, 1.54) is 30.8 Å². The van der Waals surface area contributed by atoms with E-state index in [1.54, 1.807) is 0 Å². The van der Waals surface area contributed by atoms with Crippen LogP contribution in [0.25, 0.3) is 0 Å². The van der Waals surface area contributed by atoms with Gasteiger partial charge in [0, 0.05) is 18.3 Å². The summed E-state index contributed by atoms with van der Waals surface area (Å²) in [6, 6.07) is 0. The van der Waals surface area contributed by atoms with E-state index in [4.69, 9.17) is 4.99 Å². The van der Waals surface area contributed by atoms with Crippen LogP contribution in [0.1, 0.15) is 40.5 Å². The van der Waals surface area contributed by atoms with Crippen LogP contribution in [0.3, 0.4) is 0 Å². The van der Waals surface area contributed by atoms with Crippen LogP contribution in [0.4, 0.5) is 0 Å². The first-order chi connectivity index (χ1) is 6.00. The minimum Gasteiger partial charge on any atom is -0.216 e. The molecule has 72 valence electrons. The summed E-state index contributed by atoms with van der Waals surface area (Å²) in [5, 5.41) is 0. The summed E-state index contributed by atoms with van der Waals surface area (Å²) in [6.07, 6.45) is 3.03. The molecular formula is C11H19N2+. The normalized spacial score (nSPS) is 28.0. The second kappa shape index (κ2) is 2.66. The summed E-state index contributed by atoms with van der Waals surface area (Å²) < 4.78 is 2.50. The molecule has 0 aromatic heterocycles. The highest BCUT2D eigenvalue weighted by Gasteiger charge is 2.42. The first kappa shape index (κ1) is 8.92. The van der Waals surface area contributed by atoms with Crippen molar-refractivity contribution in [3.8, 4) is 0 Å². The average molecular weight is 179 g/mol. The van der Waals surface area contributed by atoms with Crippen molar-refractivity contribution in [2.24, 2.45) is 10.4 Å². The van der Waals surface area contributed by atoms with Gasteiger partial charge in [-0.15, -0.1) is 0 Å². The van der Waals surface area contributed by atoms with Crippen LogP contribution >= 0.6 is 0 Å². The van der Waals surface area contributed by atoms with Crippen LogP contribution in [0.2, 0.25) is 0 Å². The van der Waals surface area contributed by atoms with Gasteiger partial charge in [0.15, 0.2) is 0 Å². The fraction of sp³-hybridized carbons (Fsp3) is 0.818. The van der Waals surface area contributed by atoms with Gasteiger partial charge in [0.2, 0.25) is 11.9 Å². The van der Waals surface area contributed by atoms with Crippen LogP contribution in [0, 0.1) is 5.41 Å².